The zero-order chi connectivity index (χ0) is 23.3. The number of nitrogens with zero attached hydrogens (tertiary/aromatic N) is 2. The normalized spacial score (nSPS) is 17.9. The molecule has 6 nitrogen and oxygen atoms in total. The van der Waals surface area contributed by atoms with Crippen LogP contribution in [0.2, 0.25) is 0 Å². The number of rotatable bonds is 9. The standard InChI is InChI=1S/C25H29FN2O4/c1-4-27(5-2)15-6-16-28-22(17-9-13-20(32-3)14-10-17)21(24(30)25(28)31)23(29)18-7-11-19(26)12-8-18/h7-14,22,29H,4-6,15-16H2,1-3H3. The molecule has 1 saturated heterocycles. The van der Waals surface area contributed by atoms with Gasteiger partial charge in [-0.3, -0.25) is 9.59 Å². The van der Waals surface area contributed by atoms with Crippen molar-refractivity contribution in [3.05, 3.63) is 71.0 Å². The summed E-state index contributed by atoms with van der Waals surface area (Å²) >= 11 is 0. The molecular formula is C25H29FN2O4. The molecule has 2 aromatic carbocycles. The van der Waals surface area contributed by atoms with Crippen molar-refractivity contribution in [1.82, 2.24) is 9.80 Å². The number of Topliss-reactive ketones (excluding diaryl/α,β-unsaturated/α-hetero) is 1. The Morgan fingerprint density at radius 2 is 1.69 bits per heavy atom. The second kappa shape index (κ2) is 10.4. The molecule has 170 valence electrons. The molecule has 0 spiro atoms. The number of ether oxygens (including phenoxy) is 1. The summed E-state index contributed by atoms with van der Waals surface area (Å²) in [5, 5.41) is 11.0. The number of likely N-dealkylation sites (tertiary alicyclic amines) is 1. The van der Waals surface area contributed by atoms with E-state index in [9.17, 15) is 19.1 Å². The molecule has 7 heteroatoms. The fraction of sp³-hybridized carbons (Fsp3) is 0.360. The Labute approximate surface area is 187 Å². The number of hydrogen-bond acceptors (Lipinski definition) is 5. The fourth-order valence-electron chi connectivity index (χ4n) is 4.01. The van der Waals surface area contributed by atoms with E-state index >= 15 is 0 Å². The quantitative estimate of drug-likeness (QED) is 0.363. The summed E-state index contributed by atoms with van der Waals surface area (Å²) in [5.41, 5.74) is 0.983. The minimum absolute atomic E-state index is 0.00890. The van der Waals surface area contributed by atoms with Crippen LogP contribution in [0.5, 0.6) is 5.75 Å². The SMILES string of the molecule is CCN(CC)CCCN1C(=O)C(=O)C(=C(O)c2ccc(F)cc2)C1c1ccc(OC)cc1. The van der Waals surface area contributed by atoms with E-state index in [-0.39, 0.29) is 16.9 Å². The molecule has 0 bridgehead atoms. The van der Waals surface area contributed by atoms with Crippen LogP contribution in [0.3, 0.4) is 0 Å². The van der Waals surface area contributed by atoms with Crippen molar-refractivity contribution in [2.75, 3.05) is 33.3 Å². The van der Waals surface area contributed by atoms with Crippen LogP contribution in [0, 0.1) is 5.82 Å². The first-order valence-electron chi connectivity index (χ1n) is 10.8. The van der Waals surface area contributed by atoms with Crippen molar-refractivity contribution < 1.29 is 23.8 Å². The molecule has 1 fully saturated rings. The van der Waals surface area contributed by atoms with Gasteiger partial charge in [-0.2, -0.15) is 0 Å². The molecule has 32 heavy (non-hydrogen) atoms. The number of amides is 1. The average Bonchev–Trinajstić information content (AvgIpc) is 3.07. The van der Waals surface area contributed by atoms with Gasteiger partial charge in [0.05, 0.1) is 18.7 Å². The van der Waals surface area contributed by atoms with Crippen LogP contribution in [-0.2, 0) is 9.59 Å². The second-order valence-electron chi connectivity index (χ2n) is 7.65. The topological polar surface area (TPSA) is 70.1 Å². The molecule has 1 amide bonds. The summed E-state index contributed by atoms with van der Waals surface area (Å²) in [6.07, 6.45) is 0.692. The number of carbonyl (C=O) groups is 2. The first-order chi connectivity index (χ1) is 15.4. The molecule has 0 aromatic heterocycles. The predicted octanol–water partition coefficient (Wildman–Crippen LogP) is 3.99. The lowest BCUT2D eigenvalue weighted by Gasteiger charge is -2.27. The molecule has 1 unspecified atom stereocenters. The number of carbonyl (C=O) groups excluding carboxylic acids is 2. The largest absolute Gasteiger partial charge is 0.507 e. The average molecular weight is 441 g/mol. The van der Waals surface area contributed by atoms with Gasteiger partial charge in [-0.05, 0) is 68.0 Å². The highest BCUT2D eigenvalue weighted by molar-refractivity contribution is 6.46. The van der Waals surface area contributed by atoms with Crippen molar-refractivity contribution in [2.45, 2.75) is 26.3 Å². The van der Waals surface area contributed by atoms with Crippen LogP contribution in [0.4, 0.5) is 4.39 Å². The van der Waals surface area contributed by atoms with Gasteiger partial charge in [-0.1, -0.05) is 26.0 Å². The van der Waals surface area contributed by atoms with Gasteiger partial charge in [0.15, 0.2) is 0 Å². The van der Waals surface area contributed by atoms with E-state index in [4.69, 9.17) is 4.74 Å². The van der Waals surface area contributed by atoms with Crippen molar-refractivity contribution in [2.24, 2.45) is 0 Å². The molecule has 2 aromatic rings. The van der Waals surface area contributed by atoms with Gasteiger partial charge in [-0.15, -0.1) is 0 Å². The maximum Gasteiger partial charge on any atom is 0.295 e. The van der Waals surface area contributed by atoms with Crippen molar-refractivity contribution in [3.8, 4) is 5.75 Å². The van der Waals surface area contributed by atoms with Crippen molar-refractivity contribution >= 4 is 17.4 Å². The van der Waals surface area contributed by atoms with Crippen LogP contribution in [0.15, 0.2) is 54.1 Å². The van der Waals surface area contributed by atoms with Crippen LogP contribution >= 0.6 is 0 Å². The lowest BCUT2D eigenvalue weighted by atomic mass is 9.95. The van der Waals surface area contributed by atoms with E-state index in [2.05, 4.69) is 18.7 Å². The molecule has 3 rings (SSSR count). The maximum absolute atomic E-state index is 13.4. The first-order valence-corrected chi connectivity index (χ1v) is 10.8. The summed E-state index contributed by atoms with van der Waals surface area (Å²) in [4.78, 5) is 29.7. The molecule has 1 heterocycles. The third-order valence-electron chi connectivity index (χ3n) is 5.86. The lowest BCUT2D eigenvalue weighted by Crippen LogP contribution is -2.33. The van der Waals surface area contributed by atoms with E-state index in [1.165, 1.54) is 29.2 Å². The number of halogens is 1. The number of methoxy groups -OCH3 is 1. The van der Waals surface area contributed by atoms with E-state index in [0.29, 0.717) is 24.3 Å². The minimum atomic E-state index is -0.740. The lowest BCUT2D eigenvalue weighted by molar-refractivity contribution is -0.140. The molecule has 1 N–H and O–H groups in total. The summed E-state index contributed by atoms with van der Waals surface area (Å²) in [6, 6.07) is 11.5. The van der Waals surface area contributed by atoms with Gasteiger partial charge in [0.1, 0.15) is 17.3 Å². The van der Waals surface area contributed by atoms with Crippen molar-refractivity contribution in [3.63, 3.8) is 0 Å². The number of benzene rings is 2. The van der Waals surface area contributed by atoms with Crippen LogP contribution < -0.4 is 4.74 Å². The first kappa shape index (κ1) is 23.5. The van der Waals surface area contributed by atoms with Crippen LogP contribution in [-0.4, -0.2) is 59.9 Å². The second-order valence-corrected chi connectivity index (χ2v) is 7.65. The van der Waals surface area contributed by atoms with E-state index < -0.39 is 23.5 Å². The molecular weight excluding hydrogens is 411 g/mol. The molecule has 0 saturated carbocycles. The van der Waals surface area contributed by atoms with E-state index in [0.717, 1.165) is 19.6 Å². The summed E-state index contributed by atoms with van der Waals surface area (Å²) in [6.45, 7) is 7.14. The number of aliphatic hydroxyl groups excluding tert-OH is 1. The fourth-order valence-corrected chi connectivity index (χ4v) is 4.01. The Balaban J connectivity index is 2.01. The number of aliphatic hydroxyl groups is 1. The van der Waals surface area contributed by atoms with E-state index in [1.807, 2.05) is 0 Å². The minimum Gasteiger partial charge on any atom is -0.507 e. The third kappa shape index (κ3) is 4.83. The summed E-state index contributed by atoms with van der Waals surface area (Å²) in [5.74, 6) is -1.50. The van der Waals surface area contributed by atoms with Crippen molar-refractivity contribution in [1.29, 1.82) is 0 Å². The van der Waals surface area contributed by atoms with Gasteiger partial charge in [0.25, 0.3) is 11.7 Å². The molecule has 1 aliphatic rings. The van der Waals surface area contributed by atoms with Gasteiger partial charge in [0, 0.05) is 12.1 Å². The highest BCUT2D eigenvalue weighted by Crippen LogP contribution is 2.39. The Morgan fingerprint density at radius 3 is 2.25 bits per heavy atom. The Kier molecular flexibility index (Phi) is 7.64. The third-order valence-corrected chi connectivity index (χ3v) is 5.86. The maximum atomic E-state index is 13.4. The predicted molar refractivity (Wildman–Crippen MR) is 121 cm³/mol. The smallest absolute Gasteiger partial charge is 0.295 e. The van der Waals surface area contributed by atoms with Crippen LogP contribution in [0.25, 0.3) is 5.76 Å². The molecule has 1 atom stereocenters. The highest BCUT2D eigenvalue weighted by Gasteiger charge is 2.45. The zero-order valence-corrected chi connectivity index (χ0v) is 18.7. The van der Waals surface area contributed by atoms with E-state index in [1.54, 1.807) is 31.4 Å². The number of hydrogen-bond donors (Lipinski definition) is 1. The Hall–Kier alpha value is -3.19. The molecule has 0 radical (unpaired) electrons. The van der Waals surface area contributed by atoms with Crippen LogP contribution in [0.1, 0.15) is 37.4 Å². The Morgan fingerprint density at radius 1 is 1.06 bits per heavy atom. The highest BCUT2D eigenvalue weighted by atomic mass is 19.1. The van der Waals surface area contributed by atoms with Gasteiger partial charge in [-0.25, -0.2) is 4.39 Å². The monoisotopic (exact) mass is 440 g/mol. The Bertz CT molecular complexity index is 982. The van der Waals surface area contributed by atoms with Gasteiger partial charge < -0.3 is 19.6 Å². The summed E-state index contributed by atoms with van der Waals surface area (Å²) in [7, 11) is 1.56. The van der Waals surface area contributed by atoms with Gasteiger partial charge >= 0.3 is 0 Å². The molecule has 1 aliphatic heterocycles. The summed E-state index contributed by atoms with van der Waals surface area (Å²) < 4.78 is 18.6. The molecule has 0 aliphatic carbocycles. The number of ketones is 1. The zero-order valence-electron chi connectivity index (χ0n) is 18.7. The van der Waals surface area contributed by atoms with Gasteiger partial charge in [0.2, 0.25) is 0 Å².